The van der Waals surface area contributed by atoms with Gasteiger partial charge in [-0.15, -0.1) is 0 Å². The molecular formula is C43H69BO5Si3. The highest BCUT2D eigenvalue weighted by Crippen LogP contribution is 2.49. The summed E-state index contributed by atoms with van der Waals surface area (Å²) in [6.45, 7) is 35.2. The molecule has 0 bridgehead atoms. The van der Waals surface area contributed by atoms with E-state index in [1.165, 1.54) is 0 Å². The van der Waals surface area contributed by atoms with Gasteiger partial charge < -0.3 is 22.8 Å². The van der Waals surface area contributed by atoms with Crippen LogP contribution in [0, 0.1) is 0 Å². The molecule has 0 amide bonds. The lowest BCUT2D eigenvalue weighted by molar-refractivity contribution is -0.154. The largest absolute Gasteiger partial charge is 0.414 e. The molecule has 3 aromatic carbocycles. The van der Waals surface area contributed by atoms with E-state index < -0.39 is 42.3 Å². The third-order valence-corrected chi connectivity index (χ3v) is 26.1. The smallest absolute Gasteiger partial charge is 0.192 e. The summed E-state index contributed by atoms with van der Waals surface area (Å²) in [6.07, 6.45) is -0.705. The average Bonchev–Trinajstić information content (AvgIpc) is 3.29. The van der Waals surface area contributed by atoms with Gasteiger partial charge in [-0.05, 0) is 71.1 Å². The molecule has 1 fully saturated rings. The molecule has 3 aromatic rings. The highest BCUT2D eigenvalue weighted by atomic mass is 28.4. The van der Waals surface area contributed by atoms with Gasteiger partial charge in [0.05, 0.1) is 25.3 Å². The van der Waals surface area contributed by atoms with E-state index in [1.54, 1.807) is 0 Å². The maximum Gasteiger partial charge on any atom is 0.192 e. The Kier molecular flexibility index (Phi) is 12.7. The van der Waals surface area contributed by atoms with Crippen molar-refractivity contribution in [1.82, 2.24) is 0 Å². The van der Waals surface area contributed by atoms with E-state index in [9.17, 15) is 0 Å². The lowest BCUT2D eigenvalue weighted by atomic mass is 9.79. The summed E-state index contributed by atoms with van der Waals surface area (Å²) >= 11 is 0. The lowest BCUT2D eigenvalue weighted by Gasteiger charge is -2.48. The molecule has 0 aliphatic carbocycles. The predicted octanol–water partition coefficient (Wildman–Crippen LogP) is 10.5. The molecule has 0 N–H and O–H groups in total. The van der Waals surface area contributed by atoms with Crippen LogP contribution in [0.3, 0.4) is 0 Å². The van der Waals surface area contributed by atoms with E-state index >= 15 is 0 Å². The highest BCUT2D eigenvalue weighted by molar-refractivity contribution is 6.75. The van der Waals surface area contributed by atoms with Crippen LogP contribution in [-0.4, -0.2) is 69.8 Å². The lowest BCUT2D eigenvalue weighted by Crippen LogP contribution is -2.61. The minimum atomic E-state index is -2.37. The Labute approximate surface area is 321 Å². The molecule has 5 nitrogen and oxygen atoms in total. The van der Waals surface area contributed by atoms with Crippen LogP contribution in [0.1, 0.15) is 79.0 Å². The first-order valence-electron chi connectivity index (χ1n) is 19.3. The summed E-state index contributed by atoms with van der Waals surface area (Å²) in [4.78, 5) is 0. The normalized spacial score (nSPS) is 22.5. The quantitative estimate of drug-likeness (QED) is 0.128. The van der Waals surface area contributed by atoms with Gasteiger partial charge in [0.25, 0.3) is 0 Å². The third kappa shape index (κ3) is 8.83. The van der Waals surface area contributed by atoms with Crippen LogP contribution in [0.2, 0.25) is 54.4 Å². The molecule has 0 unspecified atom stereocenters. The molecule has 4 rings (SSSR count). The number of hydrogen-bond acceptors (Lipinski definition) is 5. The molecule has 1 heterocycles. The summed E-state index contributed by atoms with van der Waals surface area (Å²) in [7, 11) is -4.72. The number of hydrogen-bond donors (Lipinski definition) is 0. The zero-order chi connectivity index (χ0) is 39.0. The number of benzene rings is 3. The van der Waals surface area contributed by atoms with E-state index in [2.05, 4.69) is 200 Å². The van der Waals surface area contributed by atoms with Crippen molar-refractivity contribution in [3.63, 3.8) is 0 Å². The zero-order valence-electron chi connectivity index (χ0n) is 35.3. The second-order valence-corrected chi connectivity index (χ2v) is 34.0. The molecule has 0 radical (unpaired) electrons. The van der Waals surface area contributed by atoms with Crippen LogP contribution in [0.5, 0.6) is 0 Å². The van der Waals surface area contributed by atoms with E-state index in [-0.39, 0.29) is 33.8 Å². The molecule has 4 atom stereocenters. The minimum Gasteiger partial charge on any atom is -0.414 e. The average molecular weight is 761 g/mol. The van der Waals surface area contributed by atoms with Gasteiger partial charge in [-0.25, -0.2) is 0 Å². The first-order chi connectivity index (χ1) is 23.8. The summed E-state index contributed by atoms with van der Waals surface area (Å²) in [5, 5.41) is -0.0141. The second-order valence-electron chi connectivity index (χ2n) is 19.6. The first-order valence-corrected chi connectivity index (χ1v) is 28.0. The van der Waals surface area contributed by atoms with E-state index in [0.29, 0.717) is 6.61 Å². The number of ether oxygens (including phenoxy) is 2. The molecule has 0 saturated carbocycles. The molecule has 0 spiro atoms. The SMILES string of the molecule is B[C@@H]1O[C@](COC(c2ccccc2)(c2ccccc2)c2ccccc2)(CO[Si](C)(C)C(C)(C)C)[C@@H](O[Si](C)(C)C(C)(C)C)[C@H]1O[Si](C)(C)C(C)(C)C. The Balaban J connectivity index is 1.98. The van der Waals surface area contributed by atoms with E-state index in [4.69, 9.17) is 22.8 Å². The van der Waals surface area contributed by atoms with Crippen LogP contribution in [0.25, 0.3) is 0 Å². The van der Waals surface area contributed by atoms with Crippen LogP contribution in [-0.2, 0) is 28.4 Å². The van der Waals surface area contributed by atoms with Crippen molar-refractivity contribution in [2.75, 3.05) is 13.2 Å². The summed E-state index contributed by atoms with van der Waals surface area (Å²) in [6, 6.07) is 31.5. The Morgan fingerprint density at radius 3 is 1.29 bits per heavy atom. The molecule has 0 aromatic heterocycles. The van der Waals surface area contributed by atoms with Gasteiger partial charge in [0.15, 0.2) is 25.0 Å². The standard InChI is InChI=1S/C43H69BO5Si3/c1-39(2,3)50(10,11)46-32-42(37(49-52(14,15)41(7,8)9)36(38(44)47-42)48-51(12,13)40(4,5)6)31-45-43(33-25-19-16-20-26-33,34-27-21-17-22-28-34)35-29-23-18-24-30-35/h16-30,36-38H,31-32,44H2,1-15H3/t36-,37+,38-,42-/m1/s1. The minimum absolute atomic E-state index is 0.00790. The van der Waals surface area contributed by atoms with E-state index in [0.717, 1.165) is 16.7 Å². The van der Waals surface area contributed by atoms with Crippen LogP contribution in [0.15, 0.2) is 91.0 Å². The molecule has 52 heavy (non-hydrogen) atoms. The van der Waals surface area contributed by atoms with Crippen molar-refractivity contribution in [3.05, 3.63) is 108 Å². The molecule has 286 valence electrons. The Morgan fingerprint density at radius 2 is 0.923 bits per heavy atom. The van der Waals surface area contributed by atoms with Gasteiger partial charge in [-0.2, -0.15) is 0 Å². The zero-order valence-corrected chi connectivity index (χ0v) is 38.3. The van der Waals surface area contributed by atoms with Crippen LogP contribution in [0.4, 0.5) is 0 Å². The van der Waals surface area contributed by atoms with Crippen molar-refractivity contribution < 1.29 is 22.8 Å². The monoisotopic (exact) mass is 760 g/mol. The fourth-order valence-corrected chi connectivity index (χ4v) is 9.91. The van der Waals surface area contributed by atoms with Crippen molar-refractivity contribution in [3.8, 4) is 0 Å². The summed E-state index contributed by atoms with van der Waals surface area (Å²) in [5.41, 5.74) is 1.26. The van der Waals surface area contributed by atoms with Crippen LogP contribution < -0.4 is 0 Å². The maximum absolute atomic E-state index is 7.65. The van der Waals surface area contributed by atoms with Gasteiger partial charge >= 0.3 is 0 Å². The predicted molar refractivity (Wildman–Crippen MR) is 229 cm³/mol. The second kappa shape index (κ2) is 15.4. The Bertz CT molecular complexity index is 1480. The summed E-state index contributed by atoms with van der Waals surface area (Å²) < 4.78 is 37.3. The molecule has 1 saturated heterocycles. The van der Waals surface area contributed by atoms with Gasteiger partial charge in [-0.1, -0.05) is 153 Å². The van der Waals surface area contributed by atoms with Crippen molar-refractivity contribution in [2.24, 2.45) is 0 Å². The molecule has 1 aliphatic rings. The molecular weight excluding hydrogens is 692 g/mol. The van der Waals surface area contributed by atoms with Gasteiger partial charge in [0, 0.05) is 0 Å². The molecule has 9 heteroatoms. The van der Waals surface area contributed by atoms with Crippen LogP contribution >= 0.6 is 0 Å². The van der Waals surface area contributed by atoms with Gasteiger partial charge in [-0.3, -0.25) is 0 Å². The number of rotatable bonds is 13. The Hall–Kier alpha value is -1.82. The van der Waals surface area contributed by atoms with E-state index in [1.807, 2.05) is 0 Å². The first kappa shape index (κ1) is 42.9. The topological polar surface area (TPSA) is 46.2 Å². The van der Waals surface area contributed by atoms with Crippen molar-refractivity contribution in [2.45, 2.75) is 146 Å². The van der Waals surface area contributed by atoms with Crippen molar-refractivity contribution in [1.29, 1.82) is 0 Å². The highest BCUT2D eigenvalue weighted by Gasteiger charge is 2.61. The van der Waals surface area contributed by atoms with Crippen molar-refractivity contribution >= 4 is 32.8 Å². The maximum atomic E-state index is 7.65. The summed E-state index contributed by atoms with van der Waals surface area (Å²) in [5.74, 6) is 0. The Morgan fingerprint density at radius 1 is 0.558 bits per heavy atom. The third-order valence-electron chi connectivity index (χ3n) is 12.7. The van der Waals surface area contributed by atoms with Gasteiger partial charge in [0.2, 0.25) is 0 Å². The van der Waals surface area contributed by atoms with Gasteiger partial charge in [0.1, 0.15) is 25.2 Å². The fraction of sp³-hybridized carbons (Fsp3) is 0.581. The fourth-order valence-electron chi connectivity index (χ4n) is 6.19. The molecule has 1 aliphatic heterocycles.